The van der Waals surface area contributed by atoms with Crippen LogP contribution in [-0.4, -0.2) is 67.4 Å². The number of carbonyl (C=O) groups is 3. The van der Waals surface area contributed by atoms with Crippen LogP contribution in [0, 0.1) is 5.92 Å². The molecule has 5 rings (SSSR count). The van der Waals surface area contributed by atoms with E-state index in [9.17, 15) is 19.5 Å². The molecule has 0 unspecified atom stereocenters. The van der Waals surface area contributed by atoms with E-state index in [1.54, 1.807) is 25.2 Å². The Labute approximate surface area is 226 Å². The number of benzene rings is 1. The molecule has 2 heterocycles. The number of aliphatic hydroxyl groups is 1. The zero-order chi connectivity index (χ0) is 30.2. The minimum Gasteiger partial charge on any atom is -0.494 e. The normalized spacial score (nSPS) is 17.4. The molecule has 2 aromatic heterocycles. The van der Waals surface area contributed by atoms with E-state index < -0.39 is 37.1 Å². The Morgan fingerprint density at radius 2 is 2.08 bits per heavy atom. The van der Waals surface area contributed by atoms with Gasteiger partial charge in [-0.15, -0.1) is 10.2 Å². The Hall–Kier alpha value is -4.59. The van der Waals surface area contributed by atoms with Crippen molar-refractivity contribution in [1.82, 2.24) is 30.1 Å². The third-order valence-electron chi connectivity index (χ3n) is 6.33. The monoisotopic (exact) mass is 539 g/mol. The van der Waals surface area contributed by atoms with Crippen LogP contribution < -0.4 is 20.9 Å². The van der Waals surface area contributed by atoms with E-state index in [0.29, 0.717) is 29.8 Å². The lowest BCUT2D eigenvalue weighted by Crippen LogP contribution is -2.31. The number of ether oxygens (including phenoxy) is 2. The maximum atomic E-state index is 13.2. The maximum Gasteiger partial charge on any atom is 0.339 e. The average Bonchev–Trinajstić information content (AvgIpc) is 3.86. The van der Waals surface area contributed by atoms with Crippen molar-refractivity contribution < 1.29 is 33.1 Å². The van der Waals surface area contributed by atoms with Gasteiger partial charge in [0.25, 0.3) is 11.8 Å². The zero-order valence-electron chi connectivity index (χ0n) is 24.2. The van der Waals surface area contributed by atoms with E-state index >= 15 is 0 Å². The molecule has 0 spiro atoms. The fourth-order valence-electron chi connectivity index (χ4n) is 3.82. The van der Waals surface area contributed by atoms with Gasteiger partial charge < -0.3 is 25.2 Å². The molecular formula is C25H28N8O6. The molecule has 14 nitrogen and oxygen atoms in total. The molecule has 0 saturated heterocycles. The largest absolute Gasteiger partial charge is 0.494 e. The number of hydrogen-bond acceptors (Lipinski definition) is 10. The number of carbonyl (C=O) groups excluding carboxylic acids is 3. The van der Waals surface area contributed by atoms with Crippen LogP contribution in [0.15, 0.2) is 35.5 Å². The fraction of sp³-hybridized carbons (Fsp3) is 0.400. The second-order valence-corrected chi connectivity index (χ2v) is 9.31. The van der Waals surface area contributed by atoms with Gasteiger partial charge in [0.1, 0.15) is 5.49 Å². The number of esters is 1. The second-order valence-electron chi connectivity index (χ2n) is 9.31. The molecule has 0 radical (unpaired) electrons. The smallest absolute Gasteiger partial charge is 0.339 e. The van der Waals surface area contributed by atoms with Crippen molar-refractivity contribution in [1.29, 1.82) is 0 Å². The van der Waals surface area contributed by atoms with Crippen LogP contribution in [0.2, 0.25) is 0 Å². The van der Waals surface area contributed by atoms with Crippen LogP contribution in [0.1, 0.15) is 40.2 Å². The van der Waals surface area contributed by atoms with Gasteiger partial charge in [-0.1, -0.05) is 6.07 Å². The Morgan fingerprint density at radius 1 is 1.28 bits per heavy atom. The van der Waals surface area contributed by atoms with Crippen LogP contribution in [0.4, 0.5) is 11.4 Å². The molecule has 2 saturated carbocycles. The quantitative estimate of drug-likeness (QED) is 0.328. The third kappa shape index (κ3) is 5.50. The predicted molar refractivity (Wildman–Crippen MR) is 135 cm³/mol. The summed E-state index contributed by atoms with van der Waals surface area (Å²) in [6.07, 6.45) is 3.11. The molecule has 204 valence electrons. The zero-order valence-corrected chi connectivity index (χ0v) is 21.2. The molecule has 3 N–H and O–H groups in total. The fourth-order valence-corrected chi connectivity index (χ4v) is 3.82. The lowest BCUT2D eigenvalue weighted by atomic mass is 10.1. The summed E-state index contributed by atoms with van der Waals surface area (Å²) >= 11 is 0. The van der Waals surface area contributed by atoms with Crippen molar-refractivity contribution in [3.8, 4) is 17.1 Å². The lowest BCUT2D eigenvalue weighted by molar-refractivity contribution is -0.160. The van der Waals surface area contributed by atoms with Gasteiger partial charge in [0.2, 0.25) is 5.82 Å². The molecule has 0 bridgehead atoms. The molecule has 0 atom stereocenters. The SMILES string of the molecule is [2H]C([2H])([2H])NC(=O)c1cn(COC(=O)C2(O)CC2)/c(=N/C(=O)C2CC2)cc1Nc1cccc(-c2nnn(C)n2)c1OC. The van der Waals surface area contributed by atoms with Crippen LogP contribution >= 0.6 is 0 Å². The van der Waals surface area contributed by atoms with Gasteiger partial charge in [-0.05, 0) is 43.0 Å². The Kier molecular flexibility index (Phi) is 5.91. The molecule has 39 heavy (non-hydrogen) atoms. The molecule has 2 aliphatic rings. The Morgan fingerprint density at radius 3 is 2.72 bits per heavy atom. The first-order valence-electron chi connectivity index (χ1n) is 13.6. The Balaban J connectivity index is 1.60. The highest BCUT2D eigenvalue weighted by Crippen LogP contribution is 2.37. The summed E-state index contributed by atoms with van der Waals surface area (Å²) < 4.78 is 34.7. The van der Waals surface area contributed by atoms with Gasteiger partial charge in [0.15, 0.2) is 18.1 Å². The van der Waals surface area contributed by atoms with Crippen molar-refractivity contribution in [2.45, 2.75) is 38.0 Å². The van der Waals surface area contributed by atoms with Crippen molar-refractivity contribution in [2.24, 2.45) is 18.0 Å². The maximum absolute atomic E-state index is 13.2. The number of pyridine rings is 1. The summed E-state index contributed by atoms with van der Waals surface area (Å²) in [7, 11) is 3.04. The number of hydrogen-bond donors (Lipinski definition) is 3. The topological polar surface area (TPSA) is 175 Å². The van der Waals surface area contributed by atoms with E-state index in [4.69, 9.17) is 13.6 Å². The van der Waals surface area contributed by atoms with Crippen LogP contribution in [0.25, 0.3) is 11.4 Å². The standard InChI is InChI=1S/C25H28N8O6/c1-26-23(35)16-12-33(13-39-24(36)25(37)9-10-25)19(28-22(34)14-7-8-14)11-18(16)27-17-6-4-5-15(20(17)38-3)21-29-31-32(2)30-21/h4-6,11-12,14,27,37H,7-10,13H2,1-3H3,(H,26,35)/b28-19+/i1D3. The minimum atomic E-state index is -2.82. The number of rotatable bonds is 9. The van der Waals surface area contributed by atoms with Crippen LogP contribution in [-0.2, 0) is 28.1 Å². The molecule has 3 aromatic rings. The molecule has 2 amide bonds. The van der Waals surface area contributed by atoms with Gasteiger partial charge in [0, 0.05) is 29.3 Å². The van der Waals surface area contributed by atoms with E-state index in [2.05, 4.69) is 25.7 Å². The predicted octanol–water partition coefficient (Wildman–Crippen LogP) is 0.653. The van der Waals surface area contributed by atoms with Crippen LogP contribution in [0.3, 0.4) is 0 Å². The van der Waals surface area contributed by atoms with Crippen molar-refractivity contribution in [3.63, 3.8) is 0 Å². The van der Waals surface area contributed by atoms with E-state index in [0.717, 1.165) is 0 Å². The first-order valence-corrected chi connectivity index (χ1v) is 12.1. The number of aromatic nitrogens is 5. The number of nitrogens with zero attached hydrogens (tertiary/aromatic N) is 6. The number of aryl methyl sites for hydroxylation is 1. The summed E-state index contributed by atoms with van der Waals surface area (Å²) in [6, 6.07) is 6.40. The van der Waals surface area contributed by atoms with Crippen molar-refractivity contribution in [2.75, 3.05) is 19.4 Å². The first kappa shape index (κ1) is 22.4. The summed E-state index contributed by atoms with van der Waals surface area (Å²) in [6.45, 7) is -3.31. The van der Waals surface area contributed by atoms with Crippen molar-refractivity contribution in [3.05, 3.63) is 41.5 Å². The first-order chi connectivity index (χ1) is 19.9. The van der Waals surface area contributed by atoms with Gasteiger partial charge in [-0.3, -0.25) is 14.2 Å². The molecular weight excluding hydrogens is 508 g/mol. The molecule has 0 aliphatic heterocycles. The van der Waals surface area contributed by atoms with E-state index in [-0.39, 0.29) is 41.3 Å². The Bertz CT molecular complexity index is 1620. The van der Waals surface area contributed by atoms with Crippen LogP contribution in [0.5, 0.6) is 5.75 Å². The highest BCUT2D eigenvalue weighted by atomic mass is 16.6. The van der Waals surface area contributed by atoms with E-state index in [1.807, 2.05) is 5.32 Å². The number of tetrazole rings is 1. The number of para-hydroxylation sites is 1. The van der Waals surface area contributed by atoms with Gasteiger partial charge in [-0.2, -0.15) is 9.79 Å². The summed E-state index contributed by atoms with van der Waals surface area (Å²) in [5.74, 6) is -1.90. The highest BCUT2D eigenvalue weighted by Gasteiger charge is 2.49. The third-order valence-corrected chi connectivity index (χ3v) is 6.33. The average molecular weight is 540 g/mol. The lowest BCUT2D eigenvalue weighted by Gasteiger charge is -2.18. The number of amides is 2. The summed E-state index contributed by atoms with van der Waals surface area (Å²) in [4.78, 5) is 43.6. The highest BCUT2D eigenvalue weighted by molar-refractivity contribution is 6.00. The molecule has 2 aliphatic carbocycles. The van der Waals surface area contributed by atoms with Gasteiger partial charge >= 0.3 is 5.97 Å². The summed E-state index contributed by atoms with van der Waals surface area (Å²) in [5, 5.41) is 27.2. The minimum absolute atomic E-state index is 0.0288. The number of nitrogens with one attached hydrogen (secondary N) is 2. The second kappa shape index (κ2) is 10.3. The number of anilines is 2. The summed E-state index contributed by atoms with van der Waals surface area (Å²) in [5.41, 5.74) is -0.801. The van der Waals surface area contributed by atoms with Gasteiger partial charge in [0.05, 0.1) is 36.7 Å². The molecule has 1 aromatic carbocycles. The van der Waals surface area contributed by atoms with Crippen molar-refractivity contribution >= 4 is 29.2 Å². The molecule has 2 fully saturated rings. The number of methoxy groups -OCH3 is 1. The van der Waals surface area contributed by atoms with Gasteiger partial charge in [-0.25, -0.2) is 4.79 Å². The van der Waals surface area contributed by atoms with E-state index in [1.165, 1.54) is 28.7 Å². The molecule has 14 heteroatoms.